The molecule has 7 nitrogen and oxygen atoms in total. The number of carbonyl (C=O) groups is 2. The molecule has 1 saturated carbocycles. The molecule has 1 aliphatic heterocycles. The minimum atomic E-state index is -0.366. The third-order valence-corrected chi connectivity index (χ3v) is 7.59. The Morgan fingerprint density at radius 1 is 1.00 bits per heavy atom. The summed E-state index contributed by atoms with van der Waals surface area (Å²) < 4.78 is 0. The van der Waals surface area contributed by atoms with E-state index in [1.165, 1.54) is 4.90 Å². The van der Waals surface area contributed by atoms with Gasteiger partial charge in [-0.05, 0) is 42.2 Å². The molecule has 5 rings (SSSR count). The van der Waals surface area contributed by atoms with Gasteiger partial charge in [0.1, 0.15) is 11.9 Å². The van der Waals surface area contributed by atoms with Gasteiger partial charge in [0, 0.05) is 52.0 Å². The number of amides is 2. The van der Waals surface area contributed by atoms with Crippen LogP contribution in [0.25, 0.3) is 11.1 Å². The van der Waals surface area contributed by atoms with Gasteiger partial charge < -0.3 is 14.7 Å². The summed E-state index contributed by atoms with van der Waals surface area (Å²) in [7, 11) is 3.36. The Balaban J connectivity index is 1.30. The summed E-state index contributed by atoms with van der Waals surface area (Å²) in [5.74, 6) is 0.653. The normalized spacial score (nSPS) is 16.2. The van der Waals surface area contributed by atoms with Crippen molar-refractivity contribution in [2.75, 3.05) is 45.2 Å². The number of halogens is 1. The Morgan fingerprint density at radius 2 is 1.70 bits per heavy atom. The zero-order chi connectivity index (χ0) is 26.2. The van der Waals surface area contributed by atoms with Gasteiger partial charge in [-0.3, -0.25) is 9.59 Å². The van der Waals surface area contributed by atoms with E-state index in [2.05, 4.69) is 16.0 Å². The molecule has 0 radical (unpaired) electrons. The van der Waals surface area contributed by atoms with E-state index in [0.29, 0.717) is 48.1 Å². The molecule has 0 bridgehead atoms. The van der Waals surface area contributed by atoms with Crippen molar-refractivity contribution in [2.45, 2.75) is 18.3 Å². The molecule has 8 heteroatoms. The smallest absolute Gasteiger partial charge is 0.254 e. The lowest BCUT2D eigenvalue weighted by molar-refractivity contribution is -0.134. The molecule has 0 unspecified atom stereocenters. The molecule has 1 saturated heterocycles. The molecule has 188 valence electrons. The van der Waals surface area contributed by atoms with Gasteiger partial charge in [0.25, 0.3) is 5.91 Å². The summed E-state index contributed by atoms with van der Waals surface area (Å²) in [6.45, 7) is 2.42. The van der Waals surface area contributed by atoms with Gasteiger partial charge in [0.2, 0.25) is 5.91 Å². The molecule has 1 aliphatic carbocycles. The fraction of sp³-hybridized carbons (Fsp3) is 0.310. The molecule has 1 aromatic heterocycles. The first-order valence-corrected chi connectivity index (χ1v) is 12.7. The quantitative estimate of drug-likeness (QED) is 0.506. The van der Waals surface area contributed by atoms with Crippen LogP contribution in [0.5, 0.6) is 0 Å². The fourth-order valence-corrected chi connectivity index (χ4v) is 5.25. The van der Waals surface area contributed by atoms with Crippen LogP contribution in [0.3, 0.4) is 0 Å². The topological polar surface area (TPSA) is 80.5 Å². The second kappa shape index (κ2) is 9.87. The van der Waals surface area contributed by atoms with Crippen molar-refractivity contribution in [1.82, 2.24) is 14.8 Å². The molecule has 3 aromatic rings. The molecule has 0 atom stereocenters. The van der Waals surface area contributed by atoms with Gasteiger partial charge in [-0.1, -0.05) is 48.0 Å². The maximum atomic E-state index is 13.4. The zero-order valence-electron chi connectivity index (χ0n) is 20.9. The maximum Gasteiger partial charge on any atom is 0.254 e. The molecule has 2 aromatic carbocycles. The fourth-order valence-electron chi connectivity index (χ4n) is 4.99. The van der Waals surface area contributed by atoms with Crippen LogP contribution in [0.15, 0.2) is 60.8 Å². The van der Waals surface area contributed by atoms with E-state index in [1.54, 1.807) is 38.5 Å². The van der Waals surface area contributed by atoms with Crippen LogP contribution >= 0.6 is 11.6 Å². The van der Waals surface area contributed by atoms with Crippen LogP contribution in [0, 0.1) is 11.3 Å². The van der Waals surface area contributed by atoms with Crippen LogP contribution in [0.4, 0.5) is 5.82 Å². The summed E-state index contributed by atoms with van der Waals surface area (Å²) in [5, 5.41) is 10.2. The molecule has 2 fully saturated rings. The summed E-state index contributed by atoms with van der Waals surface area (Å²) in [6.07, 6.45) is 3.51. The van der Waals surface area contributed by atoms with Crippen LogP contribution in [0.2, 0.25) is 5.02 Å². The molecular weight excluding hydrogens is 486 g/mol. The predicted molar refractivity (Wildman–Crippen MR) is 144 cm³/mol. The average Bonchev–Trinajstić information content (AvgIpc) is 3.74. The molecule has 0 N–H and O–H groups in total. The highest BCUT2D eigenvalue weighted by Gasteiger charge is 2.53. The van der Waals surface area contributed by atoms with Crippen molar-refractivity contribution in [3.05, 3.63) is 82.5 Å². The van der Waals surface area contributed by atoms with E-state index in [-0.39, 0.29) is 17.2 Å². The number of rotatable bonds is 5. The number of nitriles is 1. The zero-order valence-corrected chi connectivity index (χ0v) is 21.7. The predicted octanol–water partition coefficient (Wildman–Crippen LogP) is 4.36. The lowest BCUT2D eigenvalue weighted by Gasteiger charge is -2.37. The van der Waals surface area contributed by atoms with Gasteiger partial charge in [-0.2, -0.15) is 5.26 Å². The van der Waals surface area contributed by atoms with Crippen molar-refractivity contribution >= 4 is 29.2 Å². The Labute approximate surface area is 221 Å². The average molecular weight is 514 g/mol. The summed E-state index contributed by atoms with van der Waals surface area (Å²) in [4.78, 5) is 35.8. The third kappa shape index (κ3) is 4.65. The van der Waals surface area contributed by atoms with E-state index in [1.807, 2.05) is 41.3 Å². The van der Waals surface area contributed by atoms with Gasteiger partial charge >= 0.3 is 0 Å². The lowest BCUT2D eigenvalue weighted by Crippen LogP contribution is -2.52. The standard InChI is InChI=1S/C29H28ClN5O2/c1-33(2)27(36)24-9-8-20(17-25(24)30)22-16-21(18-31)26(32-19-22)34-12-14-35(15-13-34)28(37)29(10-11-29)23-6-4-3-5-7-23/h3-9,16-17,19H,10-15H2,1-2H3. The van der Waals surface area contributed by atoms with Gasteiger partial charge in [0.15, 0.2) is 0 Å². The summed E-state index contributed by atoms with van der Waals surface area (Å²) in [6, 6.07) is 19.4. The minimum absolute atomic E-state index is 0.170. The summed E-state index contributed by atoms with van der Waals surface area (Å²) in [5.41, 5.74) is 3.15. The molecule has 37 heavy (non-hydrogen) atoms. The summed E-state index contributed by atoms with van der Waals surface area (Å²) >= 11 is 6.39. The first-order chi connectivity index (χ1) is 17.8. The maximum absolute atomic E-state index is 13.4. The highest BCUT2D eigenvalue weighted by atomic mass is 35.5. The van der Waals surface area contributed by atoms with Crippen molar-refractivity contribution in [3.63, 3.8) is 0 Å². The van der Waals surface area contributed by atoms with E-state index < -0.39 is 0 Å². The number of nitrogens with zero attached hydrogens (tertiary/aromatic N) is 5. The van der Waals surface area contributed by atoms with Crippen molar-refractivity contribution in [3.8, 4) is 17.2 Å². The van der Waals surface area contributed by atoms with Gasteiger partial charge in [-0.25, -0.2) is 4.98 Å². The molecule has 2 amide bonds. The number of piperazine rings is 1. The largest absolute Gasteiger partial charge is 0.352 e. The Kier molecular flexibility index (Phi) is 6.61. The molecule has 0 spiro atoms. The number of benzene rings is 2. The minimum Gasteiger partial charge on any atom is -0.352 e. The highest BCUT2D eigenvalue weighted by molar-refractivity contribution is 6.34. The number of aromatic nitrogens is 1. The lowest BCUT2D eigenvalue weighted by atomic mass is 9.94. The van der Waals surface area contributed by atoms with E-state index in [4.69, 9.17) is 11.6 Å². The van der Waals surface area contributed by atoms with Crippen molar-refractivity contribution < 1.29 is 9.59 Å². The van der Waals surface area contributed by atoms with Crippen LogP contribution < -0.4 is 4.90 Å². The number of hydrogen-bond donors (Lipinski definition) is 0. The SMILES string of the molecule is CN(C)C(=O)c1ccc(-c2cnc(N3CCN(C(=O)C4(c5ccccc5)CC4)CC3)c(C#N)c2)cc1Cl. The Hall–Kier alpha value is -3.89. The van der Waals surface area contributed by atoms with Gasteiger partial charge in [0.05, 0.1) is 21.6 Å². The number of carbonyl (C=O) groups excluding carboxylic acids is 2. The third-order valence-electron chi connectivity index (χ3n) is 7.28. The second-order valence-corrected chi connectivity index (χ2v) is 10.2. The highest BCUT2D eigenvalue weighted by Crippen LogP contribution is 2.49. The molecular formula is C29H28ClN5O2. The second-order valence-electron chi connectivity index (χ2n) is 9.83. The first-order valence-electron chi connectivity index (χ1n) is 12.4. The number of hydrogen-bond acceptors (Lipinski definition) is 5. The Morgan fingerprint density at radius 3 is 2.30 bits per heavy atom. The molecule has 2 aliphatic rings. The van der Waals surface area contributed by atoms with E-state index >= 15 is 0 Å². The van der Waals surface area contributed by atoms with Crippen LogP contribution in [-0.4, -0.2) is 66.9 Å². The van der Waals surface area contributed by atoms with Crippen LogP contribution in [-0.2, 0) is 10.2 Å². The monoisotopic (exact) mass is 513 g/mol. The molecule has 2 heterocycles. The van der Waals surface area contributed by atoms with Crippen molar-refractivity contribution in [1.29, 1.82) is 5.26 Å². The van der Waals surface area contributed by atoms with E-state index in [9.17, 15) is 14.9 Å². The van der Waals surface area contributed by atoms with E-state index in [0.717, 1.165) is 29.5 Å². The van der Waals surface area contributed by atoms with Crippen LogP contribution in [0.1, 0.15) is 34.3 Å². The van der Waals surface area contributed by atoms with Crippen molar-refractivity contribution in [2.24, 2.45) is 0 Å². The number of pyridine rings is 1. The Bertz CT molecular complexity index is 1390. The first kappa shape index (κ1) is 24.8. The number of anilines is 1. The van der Waals surface area contributed by atoms with Gasteiger partial charge in [-0.15, -0.1) is 0 Å².